The van der Waals surface area contributed by atoms with E-state index in [1.54, 1.807) is 17.5 Å². The fraction of sp³-hybridized carbons (Fsp3) is 0.444. The zero-order chi connectivity index (χ0) is 12.4. The topological polar surface area (TPSA) is 52.3 Å². The number of rotatable bonds is 3. The number of esters is 1. The van der Waals surface area contributed by atoms with Gasteiger partial charge in [-0.1, -0.05) is 6.07 Å². The van der Waals surface area contributed by atoms with Crippen molar-refractivity contribution in [2.45, 2.75) is 25.2 Å². The third-order valence-electron chi connectivity index (χ3n) is 1.94. The molecular weight excluding hydrogens is 243 g/mol. The van der Waals surface area contributed by atoms with Crippen molar-refractivity contribution < 1.29 is 22.7 Å². The number of alkyl halides is 3. The second-order valence-corrected chi connectivity index (χ2v) is 4.39. The van der Waals surface area contributed by atoms with Gasteiger partial charge in [0.15, 0.2) is 0 Å². The Morgan fingerprint density at radius 3 is 2.62 bits per heavy atom. The second-order valence-electron chi connectivity index (χ2n) is 3.36. The van der Waals surface area contributed by atoms with Gasteiger partial charge in [-0.05, 0) is 18.4 Å². The van der Waals surface area contributed by atoms with Crippen LogP contribution < -0.4 is 5.73 Å². The number of nitrogens with two attached hydrogens (primary N) is 1. The van der Waals surface area contributed by atoms with E-state index in [0.717, 1.165) is 0 Å². The molecule has 7 heteroatoms. The molecule has 0 bridgehead atoms. The smallest absolute Gasteiger partial charge is 0.416 e. The summed E-state index contributed by atoms with van der Waals surface area (Å²) >= 11 is 1.28. The van der Waals surface area contributed by atoms with Crippen molar-refractivity contribution in [3.05, 3.63) is 22.4 Å². The zero-order valence-electron chi connectivity index (χ0n) is 8.38. The number of carbonyl (C=O) groups is 1. The minimum Gasteiger partial charge on any atom is -0.458 e. The Bertz CT molecular complexity index is 359. The molecule has 0 aromatic carbocycles. The number of ether oxygens (including phenoxy) is 1. The molecule has 0 aliphatic heterocycles. The van der Waals surface area contributed by atoms with E-state index < -0.39 is 17.7 Å². The normalized spacial score (nSPS) is 15.6. The monoisotopic (exact) mass is 253 g/mol. The van der Waals surface area contributed by atoms with Crippen LogP contribution in [0.2, 0.25) is 0 Å². The zero-order valence-corrected chi connectivity index (χ0v) is 9.19. The first-order valence-electron chi connectivity index (χ1n) is 4.30. The van der Waals surface area contributed by atoms with Crippen LogP contribution in [0, 0.1) is 0 Å². The summed E-state index contributed by atoms with van der Waals surface area (Å²) in [6.07, 6.45) is -4.82. The van der Waals surface area contributed by atoms with Gasteiger partial charge >= 0.3 is 12.1 Å². The van der Waals surface area contributed by atoms with Gasteiger partial charge in [0.1, 0.15) is 6.61 Å². The molecule has 0 saturated heterocycles. The van der Waals surface area contributed by atoms with Crippen LogP contribution in [0.1, 0.15) is 11.8 Å². The summed E-state index contributed by atoms with van der Waals surface area (Å²) in [7, 11) is 0. The van der Waals surface area contributed by atoms with Crippen LogP contribution in [0.15, 0.2) is 17.5 Å². The van der Waals surface area contributed by atoms with Gasteiger partial charge in [-0.15, -0.1) is 11.3 Å². The Hall–Kier alpha value is -1.08. The molecule has 0 spiro atoms. The van der Waals surface area contributed by atoms with E-state index in [1.165, 1.54) is 11.3 Å². The van der Waals surface area contributed by atoms with Gasteiger partial charge in [-0.25, -0.2) is 4.79 Å². The number of hydrogen-bond donors (Lipinski definition) is 1. The van der Waals surface area contributed by atoms with Crippen LogP contribution >= 0.6 is 11.3 Å². The lowest BCUT2D eigenvalue weighted by atomic mass is 10.0. The van der Waals surface area contributed by atoms with Crippen molar-refractivity contribution in [2.24, 2.45) is 5.73 Å². The first kappa shape index (κ1) is 13.0. The molecular formula is C9H10F3NO2S. The van der Waals surface area contributed by atoms with Gasteiger partial charge in [0, 0.05) is 4.88 Å². The molecule has 16 heavy (non-hydrogen) atoms. The molecule has 0 saturated carbocycles. The molecule has 1 aromatic heterocycles. The van der Waals surface area contributed by atoms with Crippen molar-refractivity contribution in [1.29, 1.82) is 0 Å². The minimum absolute atomic E-state index is 0.195. The van der Waals surface area contributed by atoms with Gasteiger partial charge in [0.05, 0.1) is 0 Å². The Kier molecular flexibility index (Phi) is 3.59. The van der Waals surface area contributed by atoms with Crippen molar-refractivity contribution in [3.8, 4) is 0 Å². The molecule has 3 nitrogen and oxygen atoms in total. The van der Waals surface area contributed by atoms with Crippen LogP contribution in [0.25, 0.3) is 0 Å². The first-order chi connectivity index (χ1) is 7.25. The lowest BCUT2D eigenvalue weighted by Gasteiger charge is -2.24. The molecule has 2 N–H and O–H groups in total. The Labute approximate surface area is 94.0 Å². The first-order valence-corrected chi connectivity index (χ1v) is 5.18. The van der Waals surface area contributed by atoms with E-state index in [1.807, 2.05) is 0 Å². The number of hydrogen-bond acceptors (Lipinski definition) is 4. The van der Waals surface area contributed by atoms with Crippen LogP contribution in [0.5, 0.6) is 0 Å². The van der Waals surface area contributed by atoms with E-state index in [9.17, 15) is 18.0 Å². The highest BCUT2D eigenvalue weighted by Crippen LogP contribution is 2.29. The van der Waals surface area contributed by atoms with E-state index >= 15 is 0 Å². The maximum atomic E-state index is 12.3. The molecule has 0 fully saturated rings. The van der Waals surface area contributed by atoms with Crippen LogP contribution in [0.4, 0.5) is 13.2 Å². The standard InChI is InChI=1S/C9H10F3NO2S/c1-8(13,9(10,11)12)7(14)15-5-6-3-2-4-16-6/h2-4H,5,13H2,1H3. The molecule has 0 aliphatic rings. The number of carbonyl (C=O) groups excluding carboxylic acids is 1. The molecule has 1 heterocycles. The summed E-state index contributed by atoms with van der Waals surface area (Å²) in [5.41, 5.74) is 1.91. The fourth-order valence-corrected chi connectivity index (χ4v) is 1.41. The predicted octanol–water partition coefficient (Wildman–Crippen LogP) is 2.07. The third kappa shape index (κ3) is 2.73. The maximum Gasteiger partial charge on any atom is 0.416 e. The molecule has 0 aliphatic carbocycles. The average molecular weight is 253 g/mol. The van der Waals surface area contributed by atoms with Gasteiger partial charge in [0.2, 0.25) is 5.54 Å². The summed E-state index contributed by atoms with van der Waals surface area (Å²) in [5, 5.41) is 1.73. The number of thiophene rings is 1. The molecule has 1 atom stereocenters. The molecule has 1 rings (SSSR count). The lowest BCUT2D eigenvalue weighted by Crippen LogP contribution is -2.57. The molecule has 1 aromatic rings. The molecule has 90 valence electrons. The summed E-state index contributed by atoms with van der Waals surface area (Å²) < 4.78 is 41.5. The van der Waals surface area contributed by atoms with E-state index in [0.29, 0.717) is 11.8 Å². The largest absolute Gasteiger partial charge is 0.458 e. The van der Waals surface area contributed by atoms with E-state index in [4.69, 9.17) is 5.73 Å². The van der Waals surface area contributed by atoms with Crippen molar-refractivity contribution in [3.63, 3.8) is 0 Å². The predicted molar refractivity (Wildman–Crippen MR) is 52.8 cm³/mol. The van der Waals surface area contributed by atoms with E-state index in [-0.39, 0.29) is 6.61 Å². The Morgan fingerprint density at radius 1 is 1.56 bits per heavy atom. The van der Waals surface area contributed by atoms with Gasteiger partial charge in [-0.3, -0.25) is 0 Å². The molecule has 0 radical (unpaired) electrons. The SMILES string of the molecule is CC(N)(C(=O)OCc1cccs1)C(F)(F)F. The van der Waals surface area contributed by atoms with Crippen LogP contribution in [-0.2, 0) is 16.1 Å². The Morgan fingerprint density at radius 2 is 2.19 bits per heavy atom. The molecule has 1 unspecified atom stereocenters. The number of halogens is 3. The van der Waals surface area contributed by atoms with Crippen molar-refractivity contribution >= 4 is 17.3 Å². The fourth-order valence-electron chi connectivity index (χ4n) is 0.797. The summed E-state index contributed by atoms with van der Waals surface area (Å²) in [4.78, 5) is 11.8. The summed E-state index contributed by atoms with van der Waals surface area (Å²) in [6.45, 7) is 0.392. The highest BCUT2D eigenvalue weighted by Gasteiger charge is 2.55. The van der Waals surface area contributed by atoms with Gasteiger partial charge in [0.25, 0.3) is 0 Å². The van der Waals surface area contributed by atoms with Gasteiger partial charge in [-0.2, -0.15) is 13.2 Å². The third-order valence-corrected chi connectivity index (χ3v) is 2.79. The van der Waals surface area contributed by atoms with E-state index in [2.05, 4.69) is 4.74 Å². The Balaban J connectivity index is 2.59. The summed E-state index contributed by atoms with van der Waals surface area (Å²) in [6, 6.07) is 3.36. The highest BCUT2D eigenvalue weighted by atomic mass is 32.1. The molecule has 0 amide bonds. The van der Waals surface area contributed by atoms with Crippen molar-refractivity contribution in [1.82, 2.24) is 0 Å². The summed E-state index contributed by atoms with van der Waals surface area (Å²) in [5.74, 6) is -1.48. The quantitative estimate of drug-likeness (QED) is 0.839. The minimum atomic E-state index is -4.82. The maximum absolute atomic E-state index is 12.3. The van der Waals surface area contributed by atoms with Crippen LogP contribution in [0.3, 0.4) is 0 Å². The second kappa shape index (κ2) is 4.42. The average Bonchev–Trinajstić information content (AvgIpc) is 2.64. The van der Waals surface area contributed by atoms with Gasteiger partial charge < -0.3 is 10.5 Å². The van der Waals surface area contributed by atoms with Crippen molar-refractivity contribution in [2.75, 3.05) is 0 Å². The van der Waals surface area contributed by atoms with Crippen LogP contribution in [-0.4, -0.2) is 17.7 Å². The lowest BCUT2D eigenvalue weighted by molar-refractivity contribution is -0.202. The highest BCUT2D eigenvalue weighted by molar-refractivity contribution is 7.09.